The number of hydrogen-bond donors (Lipinski definition) is 1. The fourth-order valence-corrected chi connectivity index (χ4v) is 2.38. The topological polar surface area (TPSA) is 85.1 Å². The molecule has 0 bridgehead atoms. The van der Waals surface area contributed by atoms with Crippen LogP contribution < -0.4 is 5.73 Å². The zero-order chi connectivity index (χ0) is 15.7. The average Bonchev–Trinajstić information content (AvgIpc) is 2.80. The monoisotopic (exact) mass is 357 g/mol. The molecule has 0 fully saturated rings. The van der Waals surface area contributed by atoms with E-state index in [4.69, 9.17) is 5.73 Å². The summed E-state index contributed by atoms with van der Waals surface area (Å²) in [7, 11) is 0. The van der Waals surface area contributed by atoms with Gasteiger partial charge in [0, 0.05) is 16.2 Å². The van der Waals surface area contributed by atoms with Gasteiger partial charge in [-0.1, -0.05) is 0 Å². The molecule has 0 unspecified atom stereocenters. The number of fused-ring (bicyclic) bond motifs is 1. The molecule has 2 aromatic heterocycles. The molecule has 6 nitrogen and oxygen atoms in total. The predicted molar refractivity (Wildman–Crippen MR) is 86.8 cm³/mol. The molecule has 0 radical (unpaired) electrons. The first kappa shape index (κ1) is 14.4. The Morgan fingerprint density at radius 1 is 1.18 bits per heavy atom. The fraction of sp³-hybridized carbons (Fsp3) is 0.0667. The van der Waals surface area contributed by atoms with Gasteiger partial charge in [-0.3, -0.25) is 9.20 Å². The standard InChI is InChI=1S/C15H12BrN5O/c1-9-15(21-8-11(16)4-7-13(21)18-9)20-19-12-5-2-10(3-6-12)14(17)22/h2-8H,1H3,(H2,17,22). The molecule has 0 spiro atoms. The van der Waals surface area contributed by atoms with Crippen molar-refractivity contribution in [3.63, 3.8) is 0 Å². The highest BCUT2D eigenvalue weighted by molar-refractivity contribution is 9.10. The van der Waals surface area contributed by atoms with Crippen LogP contribution in [0.25, 0.3) is 5.65 Å². The lowest BCUT2D eigenvalue weighted by molar-refractivity contribution is 0.100. The number of amides is 1. The number of nitrogens with two attached hydrogens (primary N) is 1. The van der Waals surface area contributed by atoms with Gasteiger partial charge in [-0.05, 0) is 59.3 Å². The number of benzene rings is 1. The Morgan fingerprint density at radius 3 is 2.59 bits per heavy atom. The quantitative estimate of drug-likeness (QED) is 0.720. The highest BCUT2D eigenvalue weighted by Crippen LogP contribution is 2.25. The molecule has 0 atom stereocenters. The molecule has 0 aliphatic heterocycles. The van der Waals surface area contributed by atoms with Crippen molar-refractivity contribution in [2.45, 2.75) is 6.92 Å². The van der Waals surface area contributed by atoms with Crippen molar-refractivity contribution in [1.82, 2.24) is 9.38 Å². The van der Waals surface area contributed by atoms with E-state index in [0.29, 0.717) is 17.1 Å². The van der Waals surface area contributed by atoms with Crippen molar-refractivity contribution >= 4 is 39.0 Å². The zero-order valence-corrected chi connectivity index (χ0v) is 13.3. The first-order chi connectivity index (χ1) is 10.5. The van der Waals surface area contributed by atoms with Gasteiger partial charge < -0.3 is 5.73 Å². The van der Waals surface area contributed by atoms with Crippen molar-refractivity contribution in [3.8, 4) is 0 Å². The van der Waals surface area contributed by atoms with Crippen molar-refractivity contribution in [2.75, 3.05) is 0 Å². The summed E-state index contributed by atoms with van der Waals surface area (Å²) in [6.07, 6.45) is 1.89. The van der Waals surface area contributed by atoms with E-state index >= 15 is 0 Å². The van der Waals surface area contributed by atoms with Crippen LogP contribution in [0.5, 0.6) is 0 Å². The van der Waals surface area contributed by atoms with Gasteiger partial charge in [-0.15, -0.1) is 10.2 Å². The molecule has 0 aliphatic carbocycles. The van der Waals surface area contributed by atoms with E-state index < -0.39 is 5.91 Å². The van der Waals surface area contributed by atoms with Crippen molar-refractivity contribution in [2.24, 2.45) is 16.0 Å². The lowest BCUT2D eigenvalue weighted by Crippen LogP contribution is -2.10. The van der Waals surface area contributed by atoms with Gasteiger partial charge >= 0.3 is 0 Å². The molecule has 2 heterocycles. The van der Waals surface area contributed by atoms with Crippen molar-refractivity contribution in [1.29, 1.82) is 0 Å². The highest BCUT2D eigenvalue weighted by atomic mass is 79.9. The van der Waals surface area contributed by atoms with E-state index in [9.17, 15) is 4.79 Å². The van der Waals surface area contributed by atoms with Gasteiger partial charge in [0.15, 0.2) is 5.82 Å². The number of hydrogen-bond acceptors (Lipinski definition) is 4. The Bertz CT molecular complexity index is 883. The number of azo groups is 1. The molecule has 3 rings (SSSR count). The van der Waals surface area contributed by atoms with Gasteiger partial charge in [-0.2, -0.15) is 0 Å². The fourth-order valence-electron chi connectivity index (χ4n) is 2.04. The molecular formula is C15H12BrN5O. The normalized spacial score (nSPS) is 11.4. The zero-order valence-electron chi connectivity index (χ0n) is 11.7. The third kappa shape index (κ3) is 2.75. The lowest BCUT2D eigenvalue weighted by atomic mass is 10.2. The second-order valence-electron chi connectivity index (χ2n) is 4.71. The Hall–Kier alpha value is -2.54. The second kappa shape index (κ2) is 5.69. The largest absolute Gasteiger partial charge is 0.366 e. The predicted octanol–water partition coefficient (Wildman–Crippen LogP) is 3.92. The Labute approximate surface area is 134 Å². The van der Waals surface area contributed by atoms with Crippen LogP contribution in [0, 0.1) is 6.92 Å². The summed E-state index contributed by atoms with van der Waals surface area (Å²) >= 11 is 3.43. The number of halogens is 1. The average molecular weight is 358 g/mol. The third-order valence-corrected chi connectivity index (χ3v) is 3.61. The summed E-state index contributed by atoms with van der Waals surface area (Å²) < 4.78 is 2.79. The highest BCUT2D eigenvalue weighted by Gasteiger charge is 2.08. The summed E-state index contributed by atoms with van der Waals surface area (Å²) in [4.78, 5) is 15.5. The number of carbonyl (C=O) groups excluding carboxylic acids is 1. The number of primary amides is 1. The summed E-state index contributed by atoms with van der Waals surface area (Å²) in [5.74, 6) is 0.196. The minimum atomic E-state index is -0.467. The Morgan fingerprint density at radius 2 is 1.91 bits per heavy atom. The number of nitrogens with zero attached hydrogens (tertiary/aromatic N) is 4. The van der Waals surface area contributed by atoms with Crippen LogP contribution in [0.1, 0.15) is 16.1 Å². The van der Waals surface area contributed by atoms with Crippen LogP contribution in [0.2, 0.25) is 0 Å². The maximum absolute atomic E-state index is 11.0. The van der Waals surface area contributed by atoms with E-state index in [1.165, 1.54) is 0 Å². The third-order valence-electron chi connectivity index (χ3n) is 3.14. The minimum absolute atomic E-state index is 0.439. The van der Waals surface area contributed by atoms with Crippen LogP contribution in [0.4, 0.5) is 11.5 Å². The molecule has 110 valence electrons. The van der Waals surface area contributed by atoms with Crippen LogP contribution in [-0.4, -0.2) is 15.3 Å². The number of pyridine rings is 1. The van der Waals surface area contributed by atoms with Gasteiger partial charge in [0.1, 0.15) is 5.65 Å². The molecular weight excluding hydrogens is 346 g/mol. The Kier molecular flexibility index (Phi) is 3.72. The summed E-state index contributed by atoms with van der Waals surface area (Å²) in [6.45, 7) is 1.88. The molecule has 0 saturated heterocycles. The molecule has 2 N–H and O–H groups in total. The number of rotatable bonds is 3. The van der Waals surface area contributed by atoms with E-state index in [-0.39, 0.29) is 0 Å². The number of aryl methyl sites for hydroxylation is 1. The lowest BCUT2D eigenvalue weighted by Gasteiger charge is -1.98. The molecule has 0 aliphatic rings. The van der Waals surface area contributed by atoms with Gasteiger partial charge in [0.25, 0.3) is 0 Å². The van der Waals surface area contributed by atoms with Gasteiger partial charge in [0.05, 0.1) is 11.4 Å². The van der Waals surface area contributed by atoms with Crippen LogP contribution in [0.15, 0.2) is 57.3 Å². The van der Waals surface area contributed by atoms with E-state index in [0.717, 1.165) is 15.8 Å². The summed E-state index contributed by atoms with van der Waals surface area (Å²) in [6, 6.07) is 10.4. The summed E-state index contributed by atoms with van der Waals surface area (Å²) in [5.41, 5.74) is 7.87. The first-order valence-electron chi connectivity index (χ1n) is 6.50. The molecule has 3 aromatic rings. The maximum atomic E-state index is 11.0. The van der Waals surface area contributed by atoms with Crippen LogP contribution >= 0.6 is 15.9 Å². The number of imidazole rings is 1. The van der Waals surface area contributed by atoms with Crippen LogP contribution in [-0.2, 0) is 0 Å². The molecule has 7 heteroatoms. The molecule has 0 saturated carbocycles. The number of aromatic nitrogens is 2. The second-order valence-corrected chi connectivity index (χ2v) is 5.62. The van der Waals surface area contributed by atoms with Gasteiger partial charge in [0.2, 0.25) is 5.91 Å². The molecule has 22 heavy (non-hydrogen) atoms. The van der Waals surface area contributed by atoms with E-state index in [1.807, 2.05) is 29.7 Å². The maximum Gasteiger partial charge on any atom is 0.248 e. The smallest absolute Gasteiger partial charge is 0.248 e. The minimum Gasteiger partial charge on any atom is -0.366 e. The van der Waals surface area contributed by atoms with E-state index in [2.05, 4.69) is 31.1 Å². The summed E-state index contributed by atoms with van der Waals surface area (Å²) in [5, 5.41) is 8.45. The molecule has 1 amide bonds. The van der Waals surface area contributed by atoms with Crippen molar-refractivity contribution in [3.05, 3.63) is 58.3 Å². The Balaban J connectivity index is 1.96. The SMILES string of the molecule is Cc1nc2ccc(Br)cn2c1N=Nc1ccc(C(N)=O)cc1. The van der Waals surface area contributed by atoms with E-state index in [1.54, 1.807) is 24.3 Å². The first-order valence-corrected chi connectivity index (χ1v) is 7.30. The number of carbonyl (C=O) groups is 1. The van der Waals surface area contributed by atoms with Crippen molar-refractivity contribution < 1.29 is 4.79 Å². The van der Waals surface area contributed by atoms with Gasteiger partial charge in [-0.25, -0.2) is 4.98 Å². The van der Waals surface area contributed by atoms with Crippen LogP contribution in [0.3, 0.4) is 0 Å². The molecule has 1 aromatic carbocycles.